The maximum absolute atomic E-state index is 5.35. The predicted octanol–water partition coefficient (Wildman–Crippen LogP) is 1.77. The van der Waals surface area contributed by atoms with Gasteiger partial charge >= 0.3 is 0 Å². The fourth-order valence-electron chi connectivity index (χ4n) is 1.82. The molecule has 1 rings (SSSR count). The monoisotopic (exact) mass is 230 g/mol. The van der Waals surface area contributed by atoms with Gasteiger partial charge in [-0.2, -0.15) is 0 Å². The lowest BCUT2D eigenvalue weighted by atomic mass is 10.1. The second kappa shape index (κ2) is 7.88. The average Bonchev–Trinajstić information content (AvgIpc) is 2.17. The molecule has 1 N–H and O–H groups in total. The lowest BCUT2D eigenvalue weighted by molar-refractivity contribution is 0.202. The molecule has 0 aliphatic carbocycles. The number of ether oxygens (including phenoxy) is 1. The summed E-state index contributed by atoms with van der Waals surface area (Å²) in [7, 11) is 1.71. The molecule has 1 aliphatic rings. The van der Waals surface area contributed by atoms with Gasteiger partial charge in [0, 0.05) is 26.7 Å². The van der Waals surface area contributed by atoms with E-state index < -0.39 is 0 Å². The number of likely N-dealkylation sites (tertiary alicyclic amines) is 1. The van der Waals surface area contributed by atoms with Crippen LogP contribution >= 0.6 is 12.2 Å². The molecule has 1 saturated heterocycles. The van der Waals surface area contributed by atoms with E-state index in [-0.39, 0.29) is 0 Å². The molecule has 1 heterocycles. The van der Waals surface area contributed by atoms with Crippen molar-refractivity contribution in [3.8, 4) is 0 Å². The molecule has 0 atom stereocenters. The number of hydrogen-bond acceptors (Lipinski definition) is 2. The lowest BCUT2D eigenvalue weighted by Crippen LogP contribution is -2.42. The van der Waals surface area contributed by atoms with E-state index in [9.17, 15) is 0 Å². The Kier molecular flexibility index (Phi) is 6.68. The highest BCUT2D eigenvalue weighted by molar-refractivity contribution is 7.80. The van der Waals surface area contributed by atoms with Crippen molar-refractivity contribution in [3.05, 3.63) is 0 Å². The van der Waals surface area contributed by atoms with Crippen LogP contribution in [0, 0.1) is 0 Å². The minimum absolute atomic E-state index is 0.716. The maximum Gasteiger partial charge on any atom is 0.169 e. The molecule has 0 aromatic carbocycles. The van der Waals surface area contributed by atoms with E-state index in [2.05, 4.69) is 10.2 Å². The third kappa shape index (κ3) is 5.33. The zero-order valence-corrected chi connectivity index (χ0v) is 10.4. The van der Waals surface area contributed by atoms with E-state index in [1.807, 2.05) is 0 Å². The summed E-state index contributed by atoms with van der Waals surface area (Å²) < 4.78 is 4.98. The number of thiocarbonyl (C=S) groups is 1. The molecule has 0 aromatic heterocycles. The normalized spacial score (nSPS) is 18.1. The van der Waals surface area contributed by atoms with Crippen LogP contribution in [0.1, 0.15) is 32.1 Å². The van der Waals surface area contributed by atoms with Gasteiger partial charge in [0.05, 0.1) is 6.61 Å². The van der Waals surface area contributed by atoms with Gasteiger partial charge in [-0.05, 0) is 25.1 Å². The molecule has 0 bridgehead atoms. The lowest BCUT2D eigenvalue weighted by Gasteiger charge is -2.27. The van der Waals surface area contributed by atoms with E-state index in [0.29, 0.717) is 6.61 Å². The number of methoxy groups -OCH3 is 1. The maximum atomic E-state index is 5.35. The molecule has 0 amide bonds. The molecular weight excluding hydrogens is 208 g/mol. The van der Waals surface area contributed by atoms with Crippen LogP contribution in [-0.2, 0) is 4.74 Å². The Morgan fingerprint density at radius 3 is 2.40 bits per heavy atom. The van der Waals surface area contributed by atoms with Crippen LogP contribution in [0.3, 0.4) is 0 Å². The Labute approximate surface area is 98.2 Å². The van der Waals surface area contributed by atoms with Crippen LogP contribution in [0.5, 0.6) is 0 Å². The molecule has 4 heteroatoms. The van der Waals surface area contributed by atoms with Crippen LogP contribution in [0.25, 0.3) is 0 Å². The third-order valence-electron chi connectivity index (χ3n) is 2.73. The molecule has 0 unspecified atom stereocenters. The molecule has 0 aromatic rings. The van der Waals surface area contributed by atoms with Gasteiger partial charge in [-0.3, -0.25) is 0 Å². The van der Waals surface area contributed by atoms with Gasteiger partial charge in [-0.15, -0.1) is 0 Å². The summed E-state index contributed by atoms with van der Waals surface area (Å²) in [5, 5.41) is 4.13. The van der Waals surface area contributed by atoms with Crippen molar-refractivity contribution in [2.24, 2.45) is 0 Å². The summed E-state index contributed by atoms with van der Waals surface area (Å²) in [6.45, 7) is 3.75. The van der Waals surface area contributed by atoms with E-state index in [4.69, 9.17) is 17.0 Å². The quantitative estimate of drug-likeness (QED) is 0.590. The first kappa shape index (κ1) is 12.7. The van der Waals surface area contributed by atoms with Gasteiger partial charge in [-0.1, -0.05) is 19.3 Å². The molecule has 3 nitrogen and oxygen atoms in total. The predicted molar refractivity (Wildman–Crippen MR) is 67.1 cm³/mol. The van der Waals surface area contributed by atoms with Crippen molar-refractivity contribution in [1.29, 1.82) is 0 Å². The topological polar surface area (TPSA) is 24.5 Å². The third-order valence-corrected chi connectivity index (χ3v) is 3.13. The van der Waals surface area contributed by atoms with E-state index in [1.54, 1.807) is 7.11 Å². The highest BCUT2D eigenvalue weighted by Gasteiger charge is 2.10. The Morgan fingerprint density at radius 2 is 1.80 bits per heavy atom. The van der Waals surface area contributed by atoms with E-state index in [1.165, 1.54) is 32.1 Å². The van der Waals surface area contributed by atoms with Crippen molar-refractivity contribution in [2.75, 3.05) is 33.4 Å². The van der Waals surface area contributed by atoms with Gasteiger partial charge in [0.25, 0.3) is 0 Å². The van der Waals surface area contributed by atoms with Crippen molar-refractivity contribution in [2.45, 2.75) is 32.1 Å². The standard InChI is InChI=1S/C11H22N2OS/c1-14-10-7-12-11(15)13-8-5-3-2-4-6-9-13/h2-10H2,1H3,(H,12,15). The highest BCUT2D eigenvalue weighted by atomic mass is 32.1. The highest BCUT2D eigenvalue weighted by Crippen LogP contribution is 2.10. The SMILES string of the molecule is COCCNC(=S)N1CCCCCCC1. The minimum Gasteiger partial charge on any atom is -0.383 e. The van der Waals surface area contributed by atoms with Gasteiger partial charge in [-0.25, -0.2) is 0 Å². The fraction of sp³-hybridized carbons (Fsp3) is 0.909. The van der Waals surface area contributed by atoms with E-state index in [0.717, 1.165) is 24.7 Å². The molecule has 15 heavy (non-hydrogen) atoms. The van der Waals surface area contributed by atoms with Crippen LogP contribution in [0.4, 0.5) is 0 Å². The Hall–Kier alpha value is -0.350. The van der Waals surface area contributed by atoms with Crippen molar-refractivity contribution >= 4 is 17.3 Å². The van der Waals surface area contributed by atoms with Crippen LogP contribution < -0.4 is 5.32 Å². The summed E-state index contributed by atoms with van der Waals surface area (Å²) in [6, 6.07) is 0. The van der Waals surface area contributed by atoms with Crippen molar-refractivity contribution in [1.82, 2.24) is 10.2 Å². The Balaban J connectivity index is 2.22. The van der Waals surface area contributed by atoms with Gasteiger partial charge in [0.2, 0.25) is 0 Å². The Bertz CT molecular complexity index is 179. The first-order valence-corrected chi connectivity index (χ1v) is 6.27. The molecule has 0 spiro atoms. The van der Waals surface area contributed by atoms with Crippen LogP contribution in [0.2, 0.25) is 0 Å². The van der Waals surface area contributed by atoms with Gasteiger partial charge < -0.3 is 15.0 Å². The zero-order chi connectivity index (χ0) is 10.9. The van der Waals surface area contributed by atoms with Crippen LogP contribution in [-0.4, -0.2) is 43.4 Å². The summed E-state index contributed by atoms with van der Waals surface area (Å²) in [5.74, 6) is 0. The van der Waals surface area contributed by atoms with Gasteiger partial charge in [0.1, 0.15) is 0 Å². The van der Waals surface area contributed by atoms with Crippen LogP contribution in [0.15, 0.2) is 0 Å². The summed E-state index contributed by atoms with van der Waals surface area (Å²) >= 11 is 5.35. The molecule has 0 radical (unpaired) electrons. The average molecular weight is 230 g/mol. The second-order valence-corrected chi connectivity index (χ2v) is 4.37. The fourth-order valence-corrected chi connectivity index (χ4v) is 2.11. The van der Waals surface area contributed by atoms with Crippen molar-refractivity contribution < 1.29 is 4.74 Å². The zero-order valence-electron chi connectivity index (χ0n) is 9.63. The molecule has 1 aliphatic heterocycles. The Morgan fingerprint density at radius 1 is 1.20 bits per heavy atom. The number of hydrogen-bond donors (Lipinski definition) is 1. The largest absolute Gasteiger partial charge is 0.383 e. The van der Waals surface area contributed by atoms with Crippen molar-refractivity contribution in [3.63, 3.8) is 0 Å². The number of nitrogens with zero attached hydrogens (tertiary/aromatic N) is 1. The molecule has 1 fully saturated rings. The van der Waals surface area contributed by atoms with Gasteiger partial charge in [0.15, 0.2) is 5.11 Å². The first-order valence-electron chi connectivity index (χ1n) is 5.86. The minimum atomic E-state index is 0.716. The number of rotatable bonds is 3. The number of nitrogens with one attached hydrogen (secondary N) is 1. The smallest absolute Gasteiger partial charge is 0.169 e. The first-order chi connectivity index (χ1) is 7.34. The summed E-state index contributed by atoms with van der Waals surface area (Å²) in [5.41, 5.74) is 0. The summed E-state index contributed by atoms with van der Waals surface area (Å²) in [4.78, 5) is 2.30. The van der Waals surface area contributed by atoms with E-state index >= 15 is 0 Å². The molecule has 88 valence electrons. The molecule has 0 saturated carbocycles. The molecular formula is C11H22N2OS. The second-order valence-electron chi connectivity index (χ2n) is 3.98. The summed E-state index contributed by atoms with van der Waals surface area (Å²) in [6.07, 6.45) is 6.62.